The first kappa shape index (κ1) is 7.88. The van der Waals surface area contributed by atoms with Crippen molar-refractivity contribution < 1.29 is 10.2 Å². The Morgan fingerprint density at radius 2 is 1.38 bits per heavy atom. The molecule has 2 atom stereocenters. The second-order valence-corrected chi connectivity index (χ2v) is 1.93. The molecule has 0 fully saturated rings. The van der Waals surface area contributed by atoms with Crippen LogP contribution < -0.4 is 0 Å². The van der Waals surface area contributed by atoms with Gasteiger partial charge in [0.1, 0.15) is 12.5 Å². The van der Waals surface area contributed by atoms with Gasteiger partial charge in [0.25, 0.3) is 0 Å². The molecule has 0 aromatic rings. The molecule has 3 nitrogen and oxygen atoms in total. The Hall–Kier alpha value is -0.120. The van der Waals surface area contributed by atoms with E-state index in [1.54, 1.807) is 20.9 Å². The van der Waals surface area contributed by atoms with Crippen LogP contribution in [0.3, 0.4) is 0 Å². The summed E-state index contributed by atoms with van der Waals surface area (Å²) in [5, 5.41) is 17.5. The third kappa shape index (κ3) is 2.26. The minimum atomic E-state index is -0.574. The SMILES string of the molecule is C[C@H](O)N(C)[C@H](C)O. The Labute approximate surface area is 49.5 Å². The van der Waals surface area contributed by atoms with Crippen molar-refractivity contribution in [2.24, 2.45) is 0 Å². The van der Waals surface area contributed by atoms with Crippen LogP contribution in [0, 0.1) is 0 Å². The summed E-state index contributed by atoms with van der Waals surface area (Å²) in [6.07, 6.45) is -1.15. The van der Waals surface area contributed by atoms with E-state index >= 15 is 0 Å². The number of nitrogens with zero attached hydrogens (tertiary/aromatic N) is 1. The summed E-state index contributed by atoms with van der Waals surface area (Å²) in [4.78, 5) is 1.44. The van der Waals surface area contributed by atoms with Crippen LogP contribution in [0.1, 0.15) is 13.8 Å². The van der Waals surface area contributed by atoms with Gasteiger partial charge in [-0.05, 0) is 20.9 Å². The van der Waals surface area contributed by atoms with Gasteiger partial charge in [0.15, 0.2) is 0 Å². The predicted molar refractivity (Wildman–Crippen MR) is 31.1 cm³/mol. The van der Waals surface area contributed by atoms with Crippen LogP contribution in [0.5, 0.6) is 0 Å². The summed E-state index contributed by atoms with van der Waals surface area (Å²) < 4.78 is 0. The van der Waals surface area contributed by atoms with Gasteiger partial charge in [0.2, 0.25) is 0 Å². The molecule has 0 aromatic heterocycles. The number of hydrogen-bond donors (Lipinski definition) is 2. The summed E-state index contributed by atoms with van der Waals surface area (Å²) in [6.45, 7) is 3.21. The van der Waals surface area contributed by atoms with E-state index in [0.29, 0.717) is 0 Å². The number of aliphatic hydroxyl groups is 2. The fourth-order valence-corrected chi connectivity index (χ4v) is 0.312. The van der Waals surface area contributed by atoms with Gasteiger partial charge in [-0.1, -0.05) is 0 Å². The van der Waals surface area contributed by atoms with Crippen molar-refractivity contribution in [1.82, 2.24) is 4.90 Å². The molecule has 0 aliphatic heterocycles. The third-order valence-corrected chi connectivity index (χ3v) is 1.18. The Bertz CT molecular complexity index is 55.4. The average Bonchev–Trinajstić information content (AvgIpc) is 1.64. The molecule has 0 saturated heterocycles. The standard InChI is InChI=1S/C5H13NO2/c1-4(7)6(3)5(2)8/h4-5,7-8H,1-3H3/t4-,5-/m0/s1. The quantitative estimate of drug-likeness (QED) is 0.486. The molecule has 0 rings (SSSR count). The highest BCUT2D eigenvalue weighted by atomic mass is 16.3. The molecule has 0 unspecified atom stereocenters. The number of aliphatic hydroxyl groups excluding tert-OH is 2. The molecule has 2 N–H and O–H groups in total. The van der Waals surface area contributed by atoms with E-state index in [-0.39, 0.29) is 0 Å². The van der Waals surface area contributed by atoms with Crippen LogP contribution in [0.4, 0.5) is 0 Å². The highest BCUT2D eigenvalue weighted by molar-refractivity contribution is 4.48. The summed E-state index contributed by atoms with van der Waals surface area (Å²) in [6, 6.07) is 0. The average molecular weight is 119 g/mol. The van der Waals surface area contributed by atoms with E-state index < -0.39 is 12.5 Å². The molecule has 0 heterocycles. The molecule has 0 saturated carbocycles. The lowest BCUT2D eigenvalue weighted by Crippen LogP contribution is -2.36. The van der Waals surface area contributed by atoms with E-state index in [9.17, 15) is 0 Å². The van der Waals surface area contributed by atoms with Gasteiger partial charge in [-0.2, -0.15) is 0 Å². The highest BCUT2D eigenvalue weighted by Crippen LogP contribution is 1.93. The normalized spacial score (nSPS) is 18.8. The van der Waals surface area contributed by atoms with Crippen LogP contribution >= 0.6 is 0 Å². The van der Waals surface area contributed by atoms with Crippen molar-refractivity contribution in [3.05, 3.63) is 0 Å². The lowest BCUT2D eigenvalue weighted by atomic mass is 10.5. The van der Waals surface area contributed by atoms with Crippen molar-refractivity contribution in [3.8, 4) is 0 Å². The Balaban J connectivity index is 3.46. The van der Waals surface area contributed by atoms with Crippen LogP contribution in [-0.4, -0.2) is 34.6 Å². The molecular formula is C5H13NO2. The zero-order chi connectivity index (χ0) is 6.73. The summed E-state index contributed by atoms with van der Waals surface area (Å²) in [7, 11) is 1.65. The van der Waals surface area contributed by atoms with Crippen molar-refractivity contribution in [1.29, 1.82) is 0 Å². The monoisotopic (exact) mass is 119 g/mol. The second kappa shape index (κ2) is 3.02. The lowest BCUT2D eigenvalue weighted by molar-refractivity contribution is -0.0665. The molecule has 0 amide bonds. The molecule has 0 aliphatic rings. The zero-order valence-electron chi connectivity index (χ0n) is 5.50. The fourth-order valence-electron chi connectivity index (χ4n) is 0.312. The van der Waals surface area contributed by atoms with E-state index in [4.69, 9.17) is 10.2 Å². The van der Waals surface area contributed by atoms with E-state index in [2.05, 4.69) is 0 Å². The Kier molecular flexibility index (Phi) is 2.97. The lowest BCUT2D eigenvalue weighted by Gasteiger charge is -2.22. The largest absolute Gasteiger partial charge is 0.379 e. The van der Waals surface area contributed by atoms with E-state index in [1.165, 1.54) is 4.90 Å². The molecule has 0 aromatic carbocycles. The van der Waals surface area contributed by atoms with Gasteiger partial charge < -0.3 is 10.2 Å². The third-order valence-electron chi connectivity index (χ3n) is 1.18. The number of rotatable bonds is 2. The summed E-state index contributed by atoms with van der Waals surface area (Å²) in [5.74, 6) is 0. The van der Waals surface area contributed by atoms with Gasteiger partial charge in [0, 0.05) is 0 Å². The fraction of sp³-hybridized carbons (Fsp3) is 1.00. The van der Waals surface area contributed by atoms with Crippen molar-refractivity contribution in [2.45, 2.75) is 26.3 Å². The van der Waals surface area contributed by atoms with Crippen molar-refractivity contribution >= 4 is 0 Å². The van der Waals surface area contributed by atoms with Crippen molar-refractivity contribution in [2.75, 3.05) is 7.05 Å². The minimum Gasteiger partial charge on any atom is -0.379 e. The van der Waals surface area contributed by atoms with Gasteiger partial charge in [-0.3, -0.25) is 4.90 Å². The Morgan fingerprint density at radius 3 is 1.38 bits per heavy atom. The Morgan fingerprint density at radius 1 is 1.12 bits per heavy atom. The van der Waals surface area contributed by atoms with Crippen LogP contribution in [0.15, 0.2) is 0 Å². The maximum absolute atomic E-state index is 8.76. The molecule has 0 bridgehead atoms. The maximum Gasteiger partial charge on any atom is 0.106 e. The highest BCUT2D eigenvalue weighted by Gasteiger charge is 2.08. The first-order valence-electron chi connectivity index (χ1n) is 2.63. The van der Waals surface area contributed by atoms with Gasteiger partial charge in [-0.25, -0.2) is 0 Å². The molecule has 8 heavy (non-hydrogen) atoms. The molecular weight excluding hydrogens is 106 g/mol. The zero-order valence-corrected chi connectivity index (χ0v) is 5.50. The smallest absolute Gasteiger partial charge is 0.106 e. The first-order valence-corrected chi connectivity index (χ1v) is 2.63. The first-order chi connectivity index (χ1) is 3.55. The molecule has 0 spiro atoms. The summed E-state index contributed by atoms with van der Waals surface area (Å²) >= 11 is 0. The van der Waals surface area contributed by atoms with E-state index in [1.807, 2.05) is 0 Å². The van der Waals surface area contributed by atoms with Crippen LogP contribution in [-0.2, 0) is 0 Å². The molecule has 0 radical (unpaired) electrons. The van der Waals surface area contributed by atoms with Gasteiger partial charge in [-0.15, -0.1) is 0 Å². The van der Waals surface area contributed by atoms with Crippen LogP contribution in [0.2, 0.25) is 0 Å². The molecule has 50 valence electrons. The second-order valence-electron chi connectivity index (χ2n) is 1.93. The topological polar surface area (TPSA) is 43.7 Å². The van der Waals surface area contributed by atoms with Gasteiger partial charge in [0.05, 0.1) is 0 Å². The predicted octanol–water partition coefficient (Wildman–Crippen LogP) is -0.405. The van der Waals surface area contributed by atoms with Crippen LogP contribution in [0.25, 0.3) is 0 Å². The van der Waals surface area contributed by atoms with E-state index in [0.717, 1.165) is 0 Å². The summed E-state index contributed by atoms with van der Waals surface area (Å²) in [5.41, 5.74) is 0. The number of hydrogen-bond acceptors (Lipinski definition) is 3. The molecule has 0 aliphatic carbocycles. The molecule has 3 heteroatoms. The van der Waals surface area contributed by atoms with Gasteiger partial charge >= 0.3 is 0 Å². The minimum absolute atomic E-state index is 0.574. The van der Waals surface area contributed by atoms with Crippen molar-refractivity contribution in [3.63, 3.8) is 0 Å². The maximum atomic E-state index is 8.76.